The molecule has 27 heavy (non-hydrogen) atoms. The van der Waals surface area contributed by atoms with Crippen molar-refractivity contribution in [1.29, 1.82) is 0 Å². The van der Waals surface area contributed by atoms with E-state index in [0.717, 1.165) is 25.2 Å². The third-order valence-corrected chi connectivity index (χ3v) is 4.45. The zero-order valence-electron chi connectivity index (χ0n) is 15.4. The van der Waals surface area contributed by atoms with Gasteiger partial charge in [0.05, 0.1) is 6.10 Å². The number of benzene rings is 1. The number of hydrogen-bond donors (Lipinski definition) is 2. The monoisotopic (exact) mass is 371 g/mol. The van der Waals surface area contributed by atoms with E-state index >= 15 is 0 Å². The van der Waals surface area contributed by atoms with Crippen molar-refractivity contribution in [3.8, 4) is 5.75 Å². The molecule has 1 aromatic heterocycles. The highest BCUT2D eigenvalue weighted by Crippen LogP contribution is 2.16. The van der Waals surface area contributed by atoms with Gasteiger partial charge in [-0.15, -0.1) is 0 Å². The van der Waals surface area contributed by atoms with Crippen LogP contribution in [0, 0.1) is 0 Å². The Balaban J connectivity index is 1.37. The summed E-state index contributed by atoms with van der Waals surface area (Å²) in [6.07, 6.45) is 4.09. The molecule has 1 atom stereocenters. The summed E-state index contributed by atoms with van der Waals surface area (Å²) in [6, 6.07) is 10.6. The lowest BCUT2D eigenvalue weighted by atomic mass is 10.2. The fraction of sp³-hybridized carbons (Fsp3) is 0.400. The third kappa shape index (κ3) is 5.34. The molecule has 2 aromatic rings. The lowest BCUT2D eigenvalue weighted by Gasteiger charge is -2.12. The zero-order valence-corrected chi connectivity index (χ0v) is 15.4. The normalized spacial score (nSPS) is 16.1. The highest BCUT2D eigenvalue weighted by Gasteiger charge is 2.16. The summed E-state index contributed by atoms with van der Waals surface area (Å²) < 4.78 is 13.0. The van der Waals surface area contributed by atoms with E-state index < -0.39 is 0 Å². The quantitative estimate of drug-likeness (QED) is 0.693. The molecule has 1 aliphatic heterocycles. The second-order valence-electron chi connectivity index (χ2n) is 6.49. The van der Waals surface area contributed by atoms with Crippen LogP contribution in [0.2, 0.25) is 0 Å². The highest BCUT2D eigenvalue weighted by atomic mass is 16.5. The van der Waals surface area contributed by atoms with Crippen LogP contribution in [0.5, 0.6) is 5.75 Å². The maximum absolute atomic E-state index is 12.2. The summed E-state index contributed by atoms with van der Waals surface area (Å²) in [6.45, 7) is 2.05. The van der Waals surface area contributed by atoms with Crippen molar-refractivity contribution in [2.24, 2.45) is 7.05 Å². The van der Waals surface area contributed by atoms with Gasteiger partial charge in [0.15, 0.2) is 0 Å². The number of rotatable bonds is 8. The van der Waals surface area contributed by atoms with Crippen molar-refractivity contribution in [2.45, 2.75) is 18.9 Å². The van der Waals surface area contributed by atoms with Gasteiger partial charge in [-0.1, -0.05) is 0 Å². The van der Waals surface area contributed by atoms with Gasteiger partial charge in [0.25, 0.3) is 11.8 Å². The molecule has 0 aliphatic carbocycles. The number of nitrogens with one attached hydrogen (secondary N) is 2. The SMILES string of the molecule is Cn1cccc1C(=O)NCCNC(=O)c1ccc(OCC2CCCO2)cc1. The Hall–Kier alpha value is -2.80. The summed E-state index contributed by atoms with van der Waals surface area (Å²) in [5.74, 6) is 0.371. The van der Waals surface area contributed by atoms with Gasteiger partial charge in [0.1, 0.15) is 18.1 Å². The summed E-state index contributed by atoms with van der Waals surface area (Å²) in [7, 11) is 1.81. The Labute approximate surface area is 158 Å². The molecule has 3 rings (SSSR count). The van der Waals surface area contributed by atoms with E-state index in [4.69, 9.17) is 9.47 Å². The first kappa shape index (κ1) is 19.0. The molecular formula is C20H25N3O4. The van der Waals surface area contributed by atoms with Crippen molar-refractivity contribution in [1.82, 2.24) is 15.2 Å². The molecule has 7 heteroatoms. The maximum Gasteiger partial charge on any atom is 0.267 e. The van der Waals surface area contributed by atoms with Gasteiger partial charge in [-0.05, 0) is 49.2 Å². The number of carbonyl (C=O) groups is 2. The minimum atomic E-state index is -0.186. The van der Waals surface area contributed by atoms with E-state index in [2.05, 4.69) is 10.6 Å². The van der Waals surface area contributed by atoms with E-state index in [1.165, 1.54) is 0 Å². The van der Waals surface area contributed by atoms with E-state index in [-0.39, 0.29) is 17.9 Å². The highest BCUT2D eigenvalue weighted by molar-refractivity contribution is 5.94. The predicted octanol–water partition coefficient (Wildman–Crippen LogP) is 1.74. The van der Waals surface area contributed by atoms with E-state index in [1.807, 2.05) is 19.3 Å². The fourth-order valence-electron chi connectivity index (χ4n) is 2.91. The second-order valence-corrected chi connectivity index (χ2v) is 6.49. The van der Waals surface area contributed by atoms with E-state index in [0.29, 0.717) is 31.0 Å². The number of aromatic nitrogens is 1. The molecule has 0 spiro atoms. The van der Waals surface area contributed by atoms with Crippen LogP contribution in [0.25, 0.3) is 0 Å². The molecular weight excluding hydrogens is 346 g/mol. The molecule has 2 heterocycles. The van der Waals surface area contributed by atoms with Crippen LogP contribution in [0.1, 0.15) is 33.7 Å². The average molecular weight is 371 g/mol. The molecule has 0 bridgehead atoms. The van der Waals surface area contributed by atoms with Crippen molar-refractivity contribution >= 4 is 11.8 Å². The van der Waals surface area contributed by atoms with Crippen LogP contribution in [-0.4, -0.2) is 48.8 Å². The molecule has 144 valence electrons. The minimum Gasteiger partial charge on any atom is -0.491 e. The number of carbonyl (C=O) groups excluding carboxylic acids is 2. The summed E-state index contributed by atoms with van der Waals surface area (Å²) >= 11 is 0. The van der Waals surface area contributed by atoms with Gasteiger partial charge < -0.3 is 24.7 Å². The van der Waals surface area contributed by atoms with Gasteiger partial charge >= 0.3 is 0 Å². The van der Waals surface area contributed by atoms with Gasteiger partial charge in [0, 0.05) is 38.5 Å². The fourth-order valence-corrected chi connectivity index (χ4v) is 2.91. The lowest BCUT2D eigenvalue weighted by molar-refractivity contribution is 0.0679. The topological polar surface area (TPSA) is 81.6 Å². The average Bonchev–Trinajstić information content (AvgIpc) is 3.35. The zero-order chi connectivity index (χ0) is 19.1. The molecule has 1 saturated heterocycles. The minimum absolute atomic E-state index is 0.163. The molecule has 2 N–H and O–H groups in total. The summed E-state index contributed by atoms with van der Waals surface area (Å²) in [4.78, 5) is 24.1. The standard InChI is InChI=1S/C20H25N3O4/c1-23-12-2-5-18(23)20(25)22-11-10-21-19(24)15-6-8-16(9-7-15)27-14-17-4-3-13-26-17/h2,5-9,12,17H,3-4,10-11,13-14H2,1H3,(H,21,24)(H,22,25). The number of aryl methyl sites for hydroxylation is 1. The predicted molar refractivity (Wildman–Crippen MR) is 101 cm³/mol. The van der Waals surface area contributed by atoms with Crippen molar-refractivity contribution < 1.29 is 19.1 Å². The van der Waals surface area contributed by atoms with Crippen LogP contribution in [0.15, 0.2) is 42.6 Å². The molecule has 0 radical (unpaired) electrons. The van der Waals surface area contributed by atoms with Crippen LogP contribution in [0.3, 0.4) is 0 Å². The van der Waals surface area contributed by atoms with E-state index in [9.17, 15) is 9.59 Å². The smallest absolute Gasteiger partial charge is 0.267 e. The van der Waals surface area contributed by atoms with Crippen molar-refractivity contribution in [2.75, 3.05) is 26.3 Å². The Morgan fingerprint density at radius 3 is 2.52 bits per heavy atom. The number of nitrogens with zero attached hydrogens (tertiary/aromatic N) is 1. The van der Waals surface area contributed by atoms with Crippen molar-refractivity contribution in [3.05, 3.63) is 53.9 Å². The first-order valence-corrected chi connectivity index (χ1v) is 9.15. The molecule has 1 fully saturated rings. The van der Waals surface area contributed by atoms with Gasteiger partial charge in [-0.2, -0.15) is 0 Å². The van der Waals surface area contributed by atoms with Gasteiger partial charge in [-0.3, -0.25) is 9.59 Å². The molecule has 7 nitrogen and oxygen atoms in total. The summed E-state index contributed by atoms with van der Waals surface area (Å²) in [5.41, 5.74) is 1.13. The Kier molecular flexibility index (Phi) is 6.49. The van der Waals surface area contributed by atoms with Crippen LogP contribution >= 0.6 is 0 Å². The van der Waals surface area contributed by atoms with Crippen molar-refractivity contribution in [3.63, 3.8) is 0 Å². The van der Waals surface area contributed by atoms with Gasteiger partial charge in [-0.25, -0.2) is 0 Å². The maximum atomic E-state index is 12.2. The first-order valence-electron chi connectivity index (χ1n) is 9.15. The Morgan fingerprint density at radius 1 is 1.15 bits per heavy atom. The first-order chi connectivity index (χ1) is 13.1. The number of hydrogen-bond acceptors (Lipinski definition) is 4. The van der Waals surface area contributed by atoms with Crippen LogP contribution < -0.4 is 15.4 Å². The van der Waals surface area contributed by atoms with Crippen LogP contribution in [-0.2, 0) is 11.8 Å². The largest absolute Gasteiger partial charge is 0.491 e. The van der Waals surface area contributed by atoms with E-state index in [1.54, 1.807) is 34.9 Å². The molecule has 1 unspecified atom stereocenters. The summed E-state index contributed by atoms with van der Waals surface area (Å²) in [5, 5.41) is 5.57. The van der Waals surface area contributed by atoms with Gasteiger partial charge in [0.2, 0.25) is 0 Å². The molecule has 1 aliphatic rings. The Morgan fingerprint density at radius 2 is 1.89 bits per heavy atom. The van der Waals surface area contributed by atoms with Crippen LogP contribution in [0.4, 0.5) is 0 Å². The molecule has 2 amide bonds. The number of amides is 2. The second kappa shape index (κ2) is 9.23. The lowest BCUT2D eigenvalue weighted by Crippen LogP contribution is -2.35. The third-order valence-electron chi connectivity index (χ3n) is 4.45. The molecule has 0 saturated carbocycles. The Bertz CT molecular complexity index is 764. The molecule has 1 aromatic carbocycles. The number of ether oxygens (including phenoxy) is 2.